The summed E-state index contributed by atoms with van der Waals surface area (Å²) in [4.78, 5) is 18.6. The lowest BCUT2D eigenvalue weighted by atomic mass is 9.71. The number of aromatic nitrogens is 2. The number of carbonyl (C=O) groups is 1. The zero-order chi connectivity index (χ0) is 15.4. The first kappa shape index (κ1) is 15.1. The molecule has 5 nitrogen and oxygen atoms in total. The Balaban J connectivity index is 1.54. The van der Waals surface area contributed by atoms with Gasteiger partial charge in [0.15, 0.2) is 0 Å². The number of likely N-dealkylation sites (tertiary alicyclic amines) is 1. The van der Waals surface area contributed by atoms with Crippen LogP contribution in [0, 0.1) is 5.41 Å². The zero-order valence-electron chi connectivity index (χ0n) is 13.4. The largest absolute Gasteiger partial charge is 0.335 e. The second-order valence-electron chi connectivity index (χ2n) is 6.85. The Morgan fingerprint density at radius 1 is 1.41 bits per heavy atom. The van der Waals surface area contributed by atoms with E-state index in [-0.39, 0.29) is 12.1 Å². The van der Waals surface area contributed by atoms with Crippen molar-refractivity contribution in [2.24, 2.45) is 5.41 Å². The van der Waals surface area contributed by atoms with E-state index in [1.165, 1.54) is 12.8 Å². The van der Waals surface area contributed by atoms with Gasteiger partial charge in [-0.05, 0) is 44.4 Å². The van der Waals surface area contributed by atoms with Gasteiger partial charge in [0.05, 0.1) is 6.33 Å². The molecule has 1 aliphatic heterocycles. The highest BCUT2D eigenvalue weighted by molar-refractivity contribution is 5.74. The molecule has 3 rings (SSSR count). The highest BCUT2D eigenvalue weighted by Gasteiger charge is 2.36. The van der Waals surface area contributed by atoms with Crippen LogP contribution in [0.5, 0.6) is 0 Å². The number of allylic oxidation sites excluding steroid dienone is 2. The Kier molecular flexibility index (Phi) is 4.50. The van der Waals surface area contributed by atoms with Gasteiger partial charge < -0.3 is 14.8 Å². The predicted molar refractivity (Wildman–Crippen MR) is 86.5 cm³/mol. The summed E-state index contributed by atoms with van der Waals surface area (Å²) in [6, 6.07) is 0.187. The van der Waals surface area contributed by atoms with Gasteiger partial charge >= 0.3 is 6.03 Å². The maximum absolute atomic E-state index is 12.5. The lowest BCUT2D eigenvalue weighted by Crippen LogP contribution is -2.52. The minimum Gasteiger partial charge on any atom is -0.335 e. The summed E-state index contributed by atoms with van der Waals surface area (Å²) in [5, 5.41) is 3.13. The summed E-state index contributed by atoms with van der Waals surface area (Å²) < 4.78 is 1.99. The van der Waals surface area contributed by atoms with Gasteiger partial charge in [0.1, 0.15) is 0 Å². The van der Waals surface area contributed by atoms with Gasteiger partial charge in [-0.2, -0.15) is 0 Å². The molecule has 1 aliphatic carbocycles. The molecular formula is C17H26N4O. The van der Waals surface area contributed by atoms with Crippen molar-refractivity contribution in [2.75, 3.05) is 13.1 Å². The molecule has 1 fully saturated rings. The molecule has 0 bridgehead atoms. The first-order valence-corrected chi connectivity index (χ1v) is 8.33. The first-order chi connectivity index (χ1) is 10.7. The molecule has 1 aromatic heterocycles. The third-order valence-electron chi connectivity index (χ3n) is 4.92. The van der Waals surface area contributed by atoms with Crippen LogP contribution in [0.1, 0.15) is 39.0 Å². The smallest absolute Gasteiger partial charge is 0.317 e. The number of nitrogens with zero attached hydrogens (tertiary/aromatic N) is 3. The van der Waals surface area contributed by atoms with Crippen LogP contribution in [0.2, 0.25) is 0 Å². The Morgan fingerprint density at radius 3 is 3.05 bits per heavy atom. The molecule has 2 atom stereocenters. The molecule has 1 N–H and O–H groups in total. The normalized spacial score (nSPS) is 26.1. The number of imidazole rings is 1. The van der Waals surface area contributed by atoms with E-state index in [0.717, 1.165) is 38.9 Å². The Morgan fingerprint density at radius 2 is 2.32 bits per heavy atom. The quantitative estimate of drug-likeness (QED) is 0.873. The molecule has 22 heavy (non-hydrogen) atoms. The fourth-order valence-electron chi connectivity index (χ4n) is 3.75. The number of amides is 2. The second kappa shape index (κ2) is 6.55. The third-order valence-corrected chi connectivity index (χ3v) is 4.92. The van der Waals surface area contributed by atoms with Crippen molar-refractivity contribution in [1.29, 1.82) is 0 Å². The van der Waals surface area contributed by atoms with E-state index < -0.39 is 0 Å². The predicted octanol–water partition coefficient (Wildman–Crippen LogP) is 2.80. The number of urea groups is 1. The van der Waals surface area contributed by atoms with Gasteiger partial charge in [-0.3, -0.25) is 0 Å². The van der Waals surface area contributed by atoms with E-state index in [1.807, 2.05) is 22.6 Å². The van der Waals surface area contributed by atoms with Crippen LogP contribution in [0.4, 0.5) is 4.79 Å². The molecule has 0 aromatic carbocycles. The van der Waals surface area contributed by atoms with Crippen LogP contribution >= 0.6 is 0 Å². The Hall–Kier alpha value is -1.78. The molecule has 0 unspecified atom stereocenters. The number of hydrogen-bond acceptors (Lipinski definition) is 2. The van der Waals surface area contributed by atoms with Crippen molar-refractivity contribution in [3.63, 3.8) is 0 Å². The average molecular weight is 302 g/mol. The molecule has 2 amide bonds. The van der Waals surface area contributed by atoms with E-state index >= 15 is 0 Å². The van der Waals surface area contributed by atoms with Crippen molar-refractivity contribution >= 4 is 6.03 Å². The molecule has 1 aromatic rings. The van der Waals surface area contributed by atoms with E-state index in [2.05, 4.69) is 22.5 Å². The highest BCUT2D eigenvalue weighted by atomic mass is 16.2. The van der Waals surface area contributed by atoms with Gasteiger partial charge in [-0.15, -0.1) is 0 Å². The molecule has 2 heterocycles. The zero-order valence-corrected chi connectivity index (χ0v) is 13.4. The number of rotatable bonds is 3. The lowest BCUT2D eigenvalue weighted by molar-refractivity contribution is 0.0946. The minimum absolute atomic E-state index is 0.0845. The van der Waals surface area contributed by atoms with Crippen LogP contribution in [0.25, 0.3) is 0 Å². The van der Waals surface area contributed by atoms with Crippen LogP contribution in [-0.2, 0) is 6.54 Å². The van der Waals surface area contributed by atoms with Crippen molar-refractivity contribution in [3.05, 3.63) is 30.9 Å². The van der Waals surface area contributed by atoms with Gasteiger partial charge in [0, 0.05) is 38.1 Å². The average Bonchev–Trinajstić information content (AvgIpc) is 3.01. The second-order valence-corrected chi connectivity index (χ2v) is 6.85. The standard InChI is InChI=1S/C17H26N4O/c1-15(12-20-11-9-18-14-20)19-16(22)21-10-5-8-17(13-21)6-3-2-4-7-17/h2-3,9,11,14-15H,4-8,10,12-13H2,1H3,(H,19,22)/t15-,17+/m0/s1. The third kappa shape index (κ3) is 3.51. The van der Waals surface area contributed by atoms with Gasteiger partial charge in [-0.1, -0.05) is 12.2 Å². The molecular weight excluding hydrogens is 276 g/mol. The molecule has 0 radical (unpaired) electrons. The summed E-state index contributed by atoms with van der Waals surface area (Å²) in [6.07, 6.45) is 15.9. The van der Waals surface area contributed by atoms with Gasteiger partial charge in [-0.25, -0.2) is 9.78 Å². The van der Waals surface area contributed by atoms with Crippen LogP contribution in [0.3, 0.4) is 0 Å². The number of nitrogens with one attached hydrogen (secondary N) is 1. The van der Waals surface area contributed by atoms with Crippen molar-refractivity contribution < 1.29 is 4.79 Å². The SMILES string of the molecule is C[C@@H](Cn1ccnc1)NC(=O)N1CCC[C@]2(CC=CCC2)C1. The molecule has 0 saturated carbocycles. The summed E-state index contributed by atoms with van der Waals surface area (Å²) in [5.74, 6) is 0. The van der Waals surface area contributed by atoms with E-state index in [9.17, 15) is 4.79 Å². The lowest BCUT2D eigenvalue weighted by Gasteiger charge is -2.44. The minimum atomic E-state index is 0.0845. The summed E-state index contributed by atoms with van der Waals surface area (Å²) >= 11 is 0. The van der Waals surface area contributed by atoms with E-state index in [0.29, 0.717) is 5.41 Å². The van der Waals surface area contributed by atoms with Crippen molar-refractivity contribution in [1.82, 2.24) is 19.8 Å². The molecule has 2 aliphatic rings. The number of hydrogen-bond donors (Lipinski definition) is 1. The highest BCUT2D eigenvalue weighted by Crippen LogP contribution is 2.40. The summed E-state index contributed by atoms with van der Waals surface area (Å²) in [5.41, 5.74) is 0.331. The van der Waals surface area contributed by atoms with E-state index in [4.69, 9.17) is 0 Å². The molecule has 5 heteroatoms. The van der Waals surface area contributed by atoms with Crippen LogP contribution < -0.4 is 5.32 Å². The molecule has 1 spiro atoms. The maximum Gasteiger partial charge on any atom is 0.317 e. The summed E-state index contributed by atoms with van der Waals surface area (Å²) in [6.45, 7) is 4.59. The fourth-order valence-corrected chi connectivity index (χ4v) is 3.75. The van der Waals surface area contributed by atoms with Crippen LogP contribution in [0.15, 0.2) is 30.9 Å². The van der Waals surface area contributed by atoms with Gasteiger partial charge in [0.25, 0.3) is 0 Å². The Bertz CT molecular complexity index is 525. The maximum atomic E-state index is 12.5. The van der Waals surface area contributed by atoms with Crippen LogP contribution in [-0.4, -0.2) is 39.6 Å². The van der Waals surface area contributed by atoms with Crippen molar-refractivity contribution in [2.45, 2.75) is 51.6 Å². The van der Waals surface area contributed by atoms with E-state index in [1.54, 1.807) is 12.5 Å². The first-order valence-electron chi connectivity index (χ1n) is 8.33. The Labute approximate surface area is 132 Å². The summed E-state index contributed by atoms with van der Waals surface area (Å²) in [7, 11) is 0. The number of piperidine rings is 1. The van der Waals surface area contributed by atoms with Crippen molar-refractivity contribution in [3.8, 4) is 0 Å². The monoisotopic (exact) mass is 302 g/mol. The number of carbonyl (C=O) groups excluding carboxylic acids is 1. The molecule has 1 saturated heterocycles. The molecule has 120 valence electrons. The fraction of sp³-hybridized carbons (Fsp3) is 0.647. The topological polar surface area (TPSA) is 50.2 Å². The van der Waals surface area contributed by atoms with Gasteiger partial charge in [0.2, 0.25) is 0 Å².